The molecule has 13 heavy (non-hydrogen) atoms. The van der Waals surface area contributed by atoms with E-state index < -0.39 is 5.54 Å². The lowest BCUT2D eigenvalue weighted by Gasteiger charge is -2.27. The van der Waals surface area contributed by atoms with Crippen LogP contribution in [0.25, 0.3) is 0 Å². The molecule has 0 aliphatic rings. The van der Waals surface area contributed by atoms with Crippen LogP contribution >= 0.6 is 0 Å². The lowest BCUT2D eigenvalue weighted by atomic mass is 10.00. The molecule has 3 N–H and O–H groups in total. The Hall–Kier alpha value is -0.610. The number of hydrogen-bond donors (Lipinski definition) is 3. The number of hydrogen-bond acceptors (Lipinski definition) is 3. The molecule has 0 heterocycles. The molecule has 4 nitrogen and oxygen atoms in total. The van der Waals surface area contributed by atoms with E-state index in [-0.39, 0.29) is 19.1 Å². The van der Waals surface area contributed by atoms with E-state index in [0.717, 1.165) is 0 Å². The van der Waals surface area contributed by atoms with Crippen molar-refractivity contribution in [3.05, 3.63) is 0 Å². The number of nitrogens with one attached hydrogen (secondary N) is 1. The van der Waals surface area contributed by atoms with Crippen molar-refractivity contribution in [1.82, 2.24) is 5.32 Å². The zero-order chi connectivity index (χ0) is 10.3. The van der Waals surface area contributed by atoms with E-state index in [1.165, 1.54) is 0 Å². The number of carbonyl (C=O) groups is 1. The zero-order valence-corrected chi connectivity index (χ0v) is 8.34. The minimum atomic E-state index is -0.521. The van der Waals surface area contributed by atoms with Crippen LogP contribution < -0.4 is 5.32 Å². The smallest absolute Gasteiger partial charge is 0.220 e. The van der Waals surface area contributed by atoms with Crippen LogP contribution in [-0.2, 0) is 4.79 Å². The first-order chi connectivity index (χ1) is 6.08. The van der Waals surface area contributed by atoms with Crippen LogP contribution in [0.1, 0.15) is 33.1 Å². The van der Waals surface area contributed by atoms with Crippen LogP contribution in [0.4, 0.5) is 0 Å². The van der Waals surface area contributed by atoms with E-state index in [4.69, 9.17) is 10.2 Å². The predicted octanol–water partition coefficient (Wildman–Crippen LogP) is 0.0361. The highest BCUT2D eigenvalue weighted by atomic mass is 16.3. The van der Waals surface area contributed by atoms with Gasteiger partial charge in [0.25, 0.3) is 0 Å². The quantitative estimate of drug-likeness (QED) is 0.552. The van der Waals surface area contributed by atoms with Crippen molar-refractivity contribution >= 4 is 5.91 Å². The molecule has 0 fully saturated rings. The summed E-state index contributed by atoms with van der Waals surface area (Å²) in [5.74, 6) is -0.118. The van der Waals surface area contributed by atoms with Crippen molar-refractivity contribution in [3.63, 3.8) is 0 Å². The summed E-state index contributed by atoms with van der Waals surface area (Å²) in [5.41, 5.74) is -0.521. The zero-order valence-electron chi connectivity index (χ0n) is 8.34. The van der Waals surface area contributed by atoms with Gasteiger partial charge < -0.3 is 15.5 Å². The van der Waals surface area contributed by atoms with Crippen molar-refractivity contribution in [3.8, 4) is 0 Å². The fraction of sp³-hybridized carbons (Fsp3) is 0.889. The van der Waals surface area contributed by atoms with Crippen LogP contribution in [0.3, 0.4) is 0 Å². The molecule has 0 radical (unpaired) electrons. The molecule has 4 heteroatoms. The summed E-state index contributed by atoms with van der Waals surface area (Å²) >= 11 is 0. The highest BCUT2D eigenvalue weighted by Crippen LogP contribution is 2.07. The van der Waals surface area contributed by atoms with E-state index in [2.05, 4.69) is 5.32 Å². The monoisotopic (exact) mass is 189 g/mol. The Balaban J connectivity index is 3.87. The van der Waals surface area contributed by atoms with Crippen LogP contribution in [0.5, 0.6) is 0 Å². The van der Waals surface area contributed by atoms with Crippen molar-refractivity contribution in [2.24, 2.45) is 0 Å². The molecule has 78 valence electrons. The van der Waals surface area contributed by atoms with Crippen molar-refractivity contribution in [2.75, 3.05) is 13.2 Å². The Morgan fingerprint density at radius 2 is 2.08 bits per heavy atom. The molecule has 0 aliphatic heterocycles. The number of rotatable bonds is 6. The van der Waals surface area contributed by atoms with E-state index in [1.807, 2.05) is 6.92 Å². The molecular formula is C9H19NO3. The highest BCUT2D eigenvalue weighted by Gasteiger charge is 2.22. The molecule has 1 amide bonds. The maximum Gasteiger partial charge on any atom is 0.220 e. The van der Waals surface area contributed by atoms with Crippen molar-refractivity contribution in [1.29, 1.82) is 0 Å². The van der Waals surface area contributed by atoms with Gasteiger partial charge in [0.2, 0.25) is 5.91 Å². The van der Waals surface area contributed by atoms with Gasteiger partial charge in [-0.2, -0.15) is 0 Å². The highest BCUT2D eigenvalue weighted by molar-refractivity contribution is 5.76. The lowest BCUT2D eigenvalue weighted by Crippen LogP contribution is -2.48. The molecule has 0 rings (SSSR count). The molecule has 0 spiro atoms. The Morgan fingerprint density at radius 3 is 2.46 bits per heavy atom. The average molecular weight is 189 g/mol. The molecule has 0 bridgehead atoms. The lowest BCUT2D eigenvalue weighted by molar-refractivity contribution is -0.123. The number of aliphatic hydroxyl groups is 2. The topological polar surface area (TPSA) is 69.6 Å². The van der Waals surface area contributed by atoms with Crippen LogP contribution in [-0.4, -0.2) is 34.9 Å². The second-order valence-electron chi connectivity index (χ2n) is 3.45. The molecule has 0 aromatic rings. The third-order valence-electron chi connectivity index (χ3n) is 2.13. The first-order valence-electron chi connectivity index (χ1n) is 4.60. The molecule has 1 atom stereocenters. The maximum atomic E-state index is 11.2. The summed E-state index contributed by atoms with van der Waals surface area (Å²) in [5, 5.41) is 20.2. The third kappa shape index (κ3) is 4.85. The minimum Gasteiger partial charge on any atom is -0.396 e. The third-order valence-corrected chi connectivity index (χ3v) is 2.13. The van der Waals surface area contributed by atoms with Gasteiger partial charge in [0.15, 0.2) is 0 Å². The molecular weight excluding hydrogens is 170 g/mol. The summed E-state index contributed by atoms with van der Waals surface area (Å²) in [6.45, 7) is 3.66. The van der Waals surface area contributed by atoms with E-state index in [0.29, 0.717) is 19.3 Å². The number of carbonyl (C=O) groups excluding carboxylic acids is 1. The van der Waals surface area contributed by atoms with Crippen molar-refractivity contribution in [2.45, 2.75) is 38.6 Å². The average Bonchev–Trinajstić information content (AvgIpc) is 2.14. The summed E-state index contributed by atoms with van der Waals surface area (Å²) in [7, 11) is 0. The van der Waals surface area contributed by atoms with Gasteiger partial charge >= 0.3 is 0 Å². The van der Waals surface area contributed by atoms with Crippen LogP contribution in [0, 0.1) is 0 Å². The van der Waals surface area contributed by atoms with Gasteiger partial charge in [-0.15, -0.1) is 0 Å². The maximum absolute atomic E-state index is 11.2. The summed E-state index contributed by atoms with van der Waals surface area (Å²) < 4.78 is 0. The van der Waals surface area contributed by atoms with Gasteiger partial charge in [0, 0.05) is 13.0 Å². The van der Waals surface area contributed by atoms with Crippen molar-refractivity contribution < 1.29 is 15.0 Å². The first kappa shape index (κ1) is 12.4. The standard InChI is InChI=1S/C9H19NO3/c1-3-9(2,7-12)10-8(13)5-4-6-11/h11-12H,3-7H2,1-2H3,(H,10,13). The van der Waals surface area contributed by atoms with E-state index in [9.17, 15) is 4.79 Å². The van der Waals surface area contributed by atoms with Gasteiger partial charge in [-0.3, -0.25) is 4.79 Å². The fourth-order valence-electron chi connectivity index (χ4n) is 0.878. The van der Waals surface area contributed by atoms with Crippen LogP contribution in [0.15, 0.2) is 0 Å². The van der Waals surface area contributed by atoms with Gasteiger partial charge in [-0.05, 0) is 19.8 Å². The second kappa shape index (κ2) is 5.94. The first-order valence-corrected chi connectivity index (χ1v) is 4.60. The molecule has 1 unspecified atom stereocenters. The Morgan fingerprint density at radius 1 is 1.46 bits per heavy atom. The molecule has 0 saturated carbocycles. The van der Waals surface area contributed by atoms with E-state index in [1.54, 1.807) is 6.92 Å². The second-order valence-corrected chi connectivity index (χ2v) is 3.45. The molecule has 0 aromatic heterocycles. The number of aliphatic hydroxyl groups excluding tert-OH is 2. The Bertz CT molecular complexity index is 155. The molecule has 0 aromatic carbocycles. The van der Waals surface area contributed by atoms with Gasteiger partial charge in [0.1, 0.15) is 0 Å². The predicted molar refractivity (Wildman–Crippen MR) is 50.2 cm³/mol. The van der Waals surface area contributed by atoms with Gasteiger partial charge in [-0.1, -0.05) is 6.92 Å². The summed E-state index contributed by atoms with van der Waals surface area (Å²) in [4.78, 5) is 11.2. The van der Waals surface area contributed by atoms with Gasteiger partial charge in [-0.25, -0.2) is 0 Å². The Labute approximate surface area is 79.0 Å². The number of amides is 1. The normalized spacial score (nSPS) is 15.1. The van der Waals surface area contributed by atoms with Crippen LogP contribution in [0.2, 0.25) is 0 Å². The largest absolute Gasteiger partial charge is 0.396 e. The summed E-state index contributed by atoms with van der Waals surface area (Å²) in [6.07, 6.45) is 1.47. The fourth-order valence-corrected chi connectivity index (χ4v) is 0.878. The summed E-state index contributed by atoms with van der Waals surface area (Å²) in [6, 6.07) is 0. The Kier molecular flexibility index (Phi) is 5.66. The molecule has 0 saturated heterocycles. The minimum absolute atomic E-state index is 0.0232. The molecule has 0 aliphatic carbocycles. The SMILES string of the molecule is CCC(C)(CO)NC(=O)CCCO. The van der Waals surface area contributed by atoms with Gasteiger partial charge in [0.05, 0.1) is 12.1 Å². The van der Waals surface area contributed by atoms with E-state index >= 15 is 0 Å².